The van der Waals surface area contributed by atoms with Gasteiger partial charge in [0.05, 0.1) is 11.4 Å². The smallest absolute Gasteiger partial charge is 0.146 e. The fourth-order valence-corrected chi connectivity index (χ4v) is 2.20. The summed E-state index contributed by atoms with van der Waals surface area (Å²) in [4.78, 5) is 0. The lowest BCUT2D eigenvalue weighted by Gasteiger charge is -2.07. The summed E-state index contributed by atoms with van der Waals surface area (Å²) in [5.41, 5.74) is 8.73. The highest BCUT2D eigenvalue weighted by Crippen LogP contribution is 2.25. The number of anilines is 1. The minimum absolute atomic E-state index is 0.485. The second-order valence-electron chi connectivity index (χ2n) is 4.21. The molecule has 0 saturated heterocycles. The van der Waals surface area contributed by atoms with E-state index in [0.717, 1.165) is 16.9 Å². The molecule has 0 aliphatic rings. The van der Waals surface area contributed by atoms with Crippen LogP contribution in [-0.4, -0.2) is 9.78 Å². The molecule has 1 heterocycles. The summed E-state index contributed by atoms with van der Waals surface area (Å²) in [7, 11) is 0. The molecule has 3 aromatic rings. The van der Waals surface area contributed by atoms with E-state index in [-0.39, 0.29) is 0 Å². The first kappa shape index (κ1) is 11.8. The van der Waals surface area contributed by atoms with Crippen molar-refractivity contribution in [2.45, 2.75) is 0 Å². The fourth-order valence-electron chi connectivity index (χ4n) is 2.02. The van der Waals surface area contributed by atoms with Crippen LogP contribution in [0.4, 0.5) is 5.82 Å². The minimum Gasteiger partial charge on any atom is -0.382 e. The van der Waals surface area contributed by atoms with Crippen LogP contribution in [0.3, 0.4) is 0 Å². The molecule has 0 fully saturated rings. The Morgan fingerprint density at radius 1 is 0.947 bits per heavy atom. The number of hydrogen-bond acceptors (Lipinski definition) is 2. The Morgan fingerprint density at radius 3 is 2.47 bits per heavy atom. The Balaban J connectivity index is 2.18. The minimum atomic E-state index is 0.485. The topological polar surface area (TPSA) is 43.8 Å². The average molecular weight is 270 g/mol. The van der Waals surface area contributed by atoms with E-state index in [9.17, 15) is 0 Å². The molecule has 2 N–H and O–H groups in total. The maximum Gasteiger partial charge on any atom is 0.146 e. The molecule has 94 valence electrons. The van der Waals surface area contributed by atoms with E-state index in [0.29, 0.717) is 10.8 Å². The fraction of sp³-hybridized carbons (Fsp3) is 0. The highest BCUT2D eigenvalue weighted by molar-refractivity contribution is 6.30. The first-order valence-electron chi connectivity index (χ1n) is 5.91. The van der Waals surface area contributed by atoms with Gasteiger partial charge in [-0.05, 0) is 18.2 Å². The quantitative estimate of drug-likeness (QED) is 0.769. The summed E-state index contributed by atoms with van der Waals surface area (Å²) in [6.45, 7) is 0. The molecule has 1 aromatic heterocycles. The third kappa shape index (κ3) is 2.33. The Bertz CT molecular complexity index is 704. The number of aromatic nitrogens is 2. The molecule has 0 bridgehead atoms. The molecule has 3 rings (SSSR count). The largest absolute Gasteiger partial charge is 0.382 e. The van der Waals surface area contributed by atoms with Crippen molar-refractivity contribution in [3.63, 3.8) is 0 Å². The number of nitrogens with zero attached hydrogens (tertiary/aromatic N) is 2. The zero-order valence-electron chi connectivity index (χ0n) is 10.1. The molecule has 3 nitrogen and oxygen atoms in total. The molecule has 0 radical (unpaired) electrons. The van der Waals surface area contributed by atoms with Crippen LogP contribution in [0.25, 0.3) is 16.9 Å². The molecule has 0 atom stereocenters. The molecule has 0 aliphatic heterocycles. The van der Waals surface area contributed by atoms with Gasteiger partial charge in [-0.25, -0.2) is 4.68 Å². The second-order valence-corrected chi connectivity index (χ2v) is 4.65. The molecule has 0 aliphatic carbocycles. The van der Waals surface area contributed by atoms with E-state index in [1.807, 2.05) is 60.7 Å². The SMILES string of the molecule is Nc1cc(-c2ccccc2)n(-c2cccc(Cl)c2)n1. The third-order valence-corrected chi connectivity index (χ3v) is 3.09. The number of benzene rings is 2. The van der Waals surface area contributed by atoms with Gasteiger partial charge in [-0.1, -0.05) is 48.0 Å². The Morgan fingerprint density at radius 2 is 1.74 bits per heavy atom. The van der Waals surface area contributed by atoms with Crippen molar-refractivity contribution in [3.8, 4) is 16.9 Å². The summed E-state index contributed by atoms with van der Waals surface area (Å²) in [6, 6.07) is 19.4. The maximum atomic E-state index is 6.03. The van der Waals surface area contributed by atoms with Crippen molar-refractivity contribution < 1.29 is 0 Å². The van der Waals surface area contributed by atoms with Gasteiger partial charge >= 0.3 is 0 Å². The normalized spacial score (nSPS) is 10.6. The van der Waals surface area contributed by atoms with Gasteiger partial charge < -0.3 is 5.73 Å². The van der Waals surface area contributed by atoms with Crippen molar-refractivity contribution in [1.29, 1.82) is 0 Å². The van der Waals surface area contributed by atoms with Crippen LogP contribution in [0.2, 0.25) is 5.02 Å². The van der Waals surface area contributed by atoms with Crippen molar-refractivity contribution in [2.75, 3.05) is 5.73 Å². The first-order chi connectivity index (χ1) is 9.24. The monoisotopic (exact) mass is 269 g/mol. The van der Waals surface area contributed by atoms with Gasteiger partial charge in [-0.2, -0.15) is 5.10 Å². The molecule has 19 heavy (non-hydrogen) atoms. The summed E-state index contributed by atoms with van der Waals surface area (Å²) < 4.78 is 1.80. The number of nitrogens with two attached hydrogens (primary N) is 1. The van der Waals surface area contributed by atoms with Crippen LogP contribution in [0.15, 0.2) is 60.7 Å². The molecular weight excluding hydrogens is 258 g/mol. The van der Waals surface area contributed by atoms with Gasteiger partial charge in [0.15, 0.2) is 0 Å². The molecule has 2 aromatic carbocycles. The lowest BCUT2D eigenvalue weighted by molar-refractivity contribution is 0.893. The van der Waals surface area contributed by atoms with Crippen LogP contribution in [0.5, 0.6) is 0 Å². The van der Waals surface area contributed by atoms with E-state index in [1.165, 1.54) is 0 Å². The molecule has 0 saturated carbocycles. The van der Waals surface area contributed by atoms with Crippen molar-refractivity contribution in [1.82, 2.24) is 9.78 Å². The lowest BCUT2D eigenvalue weighted by atomic mass is 10.1. The number of nitrogen functional groups attached to an aromatic ring is 1. The lowest BCUT2D eigenvalue weighted by Crippen LogP contribution is -1.99. The van der Waals surface area contributed by atoms with E-state index in [2.05, 4.69) is 5.10 Å². The predicted molar refractivity (Wildman–Crippen MR) is 78.4 cm³/mol. The first-order valence-corrected chi connectivity index (χ1v) is 6.29. The number of rotatable bonds is 2. The van der Waals surface area contributed by atoms with Crippen LogP contribution < -0.4 is 5.73 Å². The predicted octanol–water partition coefficient (Wildman–Crippen LogP) is 3.77. The zero-order valence-corrected chi connectivity index (χ0v) is 10.9. The Kier molecular flexibility index (Phi) is 2.97. The van der Waals surface area contributed by atoms with E-state index in [4.69, 9.17) is 17.3 Å². The number of hydrogen-bond donors (Lipinski definition) is 1. The average Bonchev–Trinajstić information content (AvgIpc) is 2.82. The summed E-state index contributed by atoms with van der Waals surface area (Å²) in [5, 5.41) is 5.01. The summed E-state index contributed by atoms with van der Waals surface area (Å²) in [5.74, 6) is 0.485. The highest BCUT2D eigenvalue weighted by Gasteiger charge is 2.10. The molecular formula is C15H12ClN3. The van der Waals surface area contributed by atoms with Crippen LogP contribution in [0.1, 0.15) is 0 Å². The van der Waals surface area contributed by atoms with E-state index < -0.39 is 0 Å². The second kappa shape index (κ2) is 4.78. The molecule has 4 heteroatoms. The maximum absolute atomic E-state index is 6.03. The Labute approximate surface area is 116 Å². The Hall–Kier alpha value is -2.26. The van der Waals surface area contributed by atoms with E-state index in [1.54, 1.807) is 4.68 Å². The van der Waals surface area contributed by atoms with Gasteiger partial charge in [-0.3, -0.25) is 0 Å². The van der Waals surface area contributed by atoms with Gasteiger partial charge in [0.1, 0.15) is 5.82 Å². The van der Waals surface area contributed by atoms with Crippen molar-refractivity contribution in [2.24, 2.45) is 0 Å². The molecule has 0 amide bonds. The number of halogens is 1. The van der Waals surface area contributed by atoms with Gasteiger partial charge in [0.25, 0.3) is 0 Å². The third-order valence-electron chi connectivity index (χ3n) is 2.85. The highest BCUT2D eigenvalue weighted by atomic mass is 35.5. The standard InChI is InChI=1S/C15H12ClN3/c16-12-7-4-8-13(9-12)19-14(10-15(17)18-19)11-5-2-1-3-6-11/h1-10H,(H2,17,18). The zero-order chi connectivity index (χ0) is 13.2. The van der Waals surface area contributed by atoms with Gasteiger partial charge in [0.2, 0.25) is 0 Å². The van der Waals surface area contributed by atoms with Crippen LogP contribution in [0, 0.1) is 0 Å². The van der Waals surface area contributed by atoms with Gasteiger partial charge in [0, 0.05) is 16.7 Å². The summed E-state index contributed by atoms with van der Waals surface area (Å²) in [6.07, 6.45) is 0. The van der Waals surface area contributed by atoms with Crippen molar-refractivity contribution >= 4 is 17.4 Å². The summed E-state index contributed by atoms with van der Waals surface area (Å²) >= 11 is 6.03. The molecule has 0 unspecified atom stereocenters. The molecule has 0 spiro atoms. The van der Waals surface area contributed by atoms with Crippen LogP contribution >= 0.6 is 11.6 Å². The van der Waals surface area contributed by atoms with Crippen LogP contribution in [-0.2, 0) is 0 Å². The van der Waals surface area contributed by atoms with Crippen molar-refractivity contribution in [3.05, 3.63) is 65.7 Å². The van der Waals surface area contributed by atoms with Gasteiger partial charge in [-0.15, -0.1) is 0 Å². The van der Waals surface area contributed by atoms with E-state index >= 15 is 0 Å².